The number of carbonyl (C=O) groups excluding carboxylic acids is 1. The highest BCUT2D eigenvalue weighted by molar-refractivity contribution is 6.00. The van der Waals surface area contributed by atoms with Crippen LogP contribution in [0.5, 0.6) is 5.75 Å². The zero-order chi connectivity index (χ0) is 26.8. The van der Waals surface area contributed by atoms with Crippen LogP contribution in [-0.2, 0) is 18.4 Å². The molecule has 3 aromatic rings. The molecule has 1 atom stereocenters. The molecule has 1 saturated heterocycles. The summed E-state index contributed by atoms with van der Waals surface area (Å²) in [5, 5.41) is 11.0. The minimum atomic E-state index is -4.47. The zero-order valence-corrected chi connectivity index (χ0v) is 20.1. The molecule has 3 aromatic carbocycles. The lowest BCUT2D eigenvalue weighted by Crippen LogP contribution is -2.48. The van der Waals surface area contributed by atoms with Crippen LogP contribution in [0.15, 0.2) is 66.7 Å². The van der Waals surface area contributed by atoms with E-state index in [9.17, 15) is 31.9 Å². The molecule has 1 aliphatic rings. The monoisotopic (exact) mass is 519 g/mol. The minimum absolute atomic E-state index is 0.0337. The third-order valence-corrected chi connectivity index (χ3v) is 6.81. The zero-order valence-electron chi connectivity index (χ0n) is 20.1. The molecule has 4 rings (SSSR count). The van der Waals surface area contributed by atoms with Crippen LogP contribution in [0.2, 0.25) is 0 Å². The summed E-state index contributed by atoms with van der Waals surface area (Å²) in [6.45, 7) is 2.12. The Morgan fingerprint density at radius 3 is 2.11 bits per heavy atom. The first kappa shape index (κ1) is 26.8. The lowest BCUT2D eigenvalue weighted by molar-refractivity contribution is -0.137. The van der Waals surface area contributed by atoms with Crippen molar-refractivity contribution >= 4 is 5.78 Å². The van der Waals surface area contributed by atoms with Gasteiger partial charge in [-0.15, -0.1) is 0 Å². The third kappa shape index (κ3) is 5.99. The van der Waals surface area contributed by atoms with Crippen LogP contribution in [0.1, 0.15) is 46.8 Å². The van der Waals surface area contributed by atoms with E-state index >= 15 is 0 Å². The maximum absolute atomic E-state index is 14.6. The van der Waals surface area contributed by atoms with Crippen LogP contribution in [0.4, 0.5) is 22.0 Å². The Morgan fingerprint density at radius 1 is 1.00 bits per heavy atom. The Labute approximate surface area is 211 Å². The van der Waals surface area contributed by atoms with Gasteiger partial charge in [0.25, 0.3) is 0 Å². The molecule has 0 radical (unpaired) electrons. The van der Waals surface area contributed by atoms with Gasteiger partial charge in [0.1, 0.15) is 6.61 Å². The molecular weight excluding hydrogens is 493 g/mol. The van der Waals surface area contributed by atoms with Crippen LogP contribution in [0.25, 0.3) is 0 Å². The van der Waals surface area contributed by atoms with Crippen LogP contribution < -0.4 is 4.74 Å². The van der Waals surface area contributed by atoms with E-state index in [1.165, 1.54) is 12.1 Å². The Kier molecular flexibility index (Phi) is 7.66. The maximum atomic E-state index is 14.6. The van der Waals surface area contributed by atoms with Crippen molar-refractivity contribution in [2.24, 2.45) is 0 Å². The molecule has 0 aliphatic carbocycles. The number of aliphatic hydroxyl groups is 1. The number of ether oxygens (including phenoxy) is 1. The topological polar surface area (TPSA) is 49.8 Å². The summed E-state index contributed by atoms with van der Waals surface area (Å²) in [6.07, 6.45) is -4.10. The predicted molar refractivity (Wildman–Crippen MR) is 127 cm³/mol. The van der Waals surface area contributed by atoms with Crippen molar-refractivity contribution in [2.75, 3.05) is 13.1 Å². The van der Waals surface area contributed by atoms with E-state index in [0.717, 1.165) is 29.8 Å². The molecular formula is C28H26F5NO3. The van der Waals surface area contributed by atoms with Gasteiger partial charge in [0, 0.05) is 18.7 Å². The molecule has 0 saturated carbocycles. The van der Waals surface area contributed by atoms with Crippen molar-refractivity contribution in [1.82, 2.24) is 4.90 Å². The van der Waals surface area contributed by atoms with Crippen LogP contribution in [0.3, 0.4) is 0 Å². The van der Waals surface area contributed by atoms with Gasteiger partial charge in [-0.05, 0) is 55.2 Å². The largest absolute Gasteiger partial charge is 0.483 e. The summed E-state index contributed by atoms with van der Waals surface area (Å²) >= 11 is 0. The second kappa shape index (κ2) is 10.6. The molecule has 0 spiro atoms. The first-order valence-corrected chi connectivity index (χ1v) is 11.8. The Morgan fingerprint density at radius 2 is 1.57 bits per heavy atom. The molecule has 1 N–H and O–H groups in total. The molecule has 37 heavy (non-hydrogen) atoms. The SMILES string of the molecule is CC(C(=O)c1cc(F)c(OCc2ccccc2)c(F)c1)N1CCC(O)(c2ccc(C(F)(F)F)cc2)CC1. The molecule has 1 fully saturated rings. The number of halogens is 5. The highest BCUT2D eigenvalue weighted by atomic mass is 19.4. The van der Waals surface area contributed by atoms with Gasteiger partial charge in [0.2, 0.25) is 0 Å². The molecule has 0 bridgehead atoms. The number of piperidine rings is 1. The van der Waals surface area contributed by atoms with E-state index in [-0.39, 0.29) is 38.1 Å². The third-order valence-electron chi connectivity index (χ3n) is 6.81. The summed E-state index contributed by atoms with van der Waals surface area (Å²) in [6, 6.07) is 14.4. The Balaban J connectivity index is 1.40. The van der Waals surface area contributed by atoms with Gasteiger partial charge in [0.05, 0.1) is 17.2 Å². The summed E-state index contributed by atoms with van der Waals surface area (Å²) in [5.74, 6) is -3.02. The fourth-order valence-electron chi connectivity index (χ4n) is 4.52. The fraction of sp³-hybridized carbons (Fsp3) is 0.321. The van der Waals surface area contributed by atoms with E-state index < -0.39 is 46.5 Å². The van der Waals surface area contributed by atoms with Gasteiger partial charge in [0.15, 0.2) is 23.2 Å². The number of alkyl halides is 3. The van der Waals surface area contributed by atoms with Gasteiger partial charge >= 0.3 is 6.18 Å². The number of Topliss-reactive ketones (excluding diaryl/α,β-unsaturated/α-hetero) is 1. The highest BCUT2D eigenvalue weighted by Gasteiger charge is 2.38. The Bertz CT molecular complexity index is 1210. The predicted octanol–water partition coefficient (Wildman–Crippen LogP) is 6.12. The molecule has 1 unspecified atom stereocenters. The highest BCUT2D eigenvalue weighted by Crippen LogP contribution is 2.36. The first-order chi connectivity index (χ1) is 17.5. The van der Waals surface area contributed by atoms with E-state index in [1.807, 2.05) is 6.07 Å². The van der Waals surface area contributed by atoms with E-state index in [1.54, 1.807) is 36.1 Å². The van der Waals surface area contributed by atoms with Gasteiger partial charge in [-0.25, -0.2) is 8.78 Å². The summed E-state index contributed by atoms with van der Waals surface area (Å²) in [5.41, 5.74) is -1.17. The molecule has 4 nitrogen and oxygen atoms in total. The van der Waals surface area contributed by atoms with Crippen LogP contribution >= 0.6 is 0 Å². The van der Waals surface area contributed by atoms with Gasteiger partial charge in [-0.3, -0.25) is 9.69 Å². The van der Waals surface area contributed by atoms with Crippen LogP contribution in [-0.4, -0.2) is 34.9 Å². The first-order valence-electron chi connectivity index (χ1n) is 11.8. The van der Waals surface area contributed by atoms with Gasteiger partial charge in [-0.1, -0.05) is 42.5 Å². The van der Waals surface area contributed by atoms with E-state index in [2.05, 4.69) is 0 Å². The average molecular weight is 520 g/mol. The number of likely N-dealkylation sites (tertiary alicyclic amines) is 1. The summed E-state index contributed by atoms with van der Waals surface area (Å²) in [7, 11) is 0. The molecule has 1 aliphatic heterocycles. The summed E-state index contributed by atoms with van der Waals surface area (Å²) < 4.78 is 73.1. The summed E-state index contributed by atoms with van der Waals surface area (Å²) in [4.78, 5) is 14.8. The van der Waals surface area contributed by atoms with Crippen LogP contribution in [0, 0.1) is 11.6 Å². The van der Waals surface area contributed by atoms with Crippen molar-refractivity contribution in [1.29, 1.82) is 0 Å². The molecule has 0 aromatic heterocycles. The van der Waals surface area contributed by atoms with Gasteiger partial charge in [-0.2, -0.15) is 13.2 Å². The number of nitrogens with zero attached hydrogens (tertiary/aromatic N) is 1. The van der Waals surface area contributed by atoms with E-state index in [0.29, 0.717) is 5.56 Å². The number of carbonyl (C=O) groups is 1. The average Bonchev–Trinajstić information content (AvgIpc) is 2.88. The molecule has 0 amide bonds. The molecule has 9 heteroatoms. The van der Waals surface area contributed by atoms with E-state index in [4.69, 9.17) is 4.74 Å². The number of hydrogen-bond donors (Lipinski definition) is 1. The second-order valence-electron chi connectivity index (χ2n) is 9.23. The normalized spacial score (nSPS) is 16.8. The van der Waals surface area contributed by atoms with Gasteiger partial charge < -0.3 is 9.84 Å². The van der Waals surface area contributed by atoms with Crippen molar-refractivity contribution in [3.8, 4) is 5.75 Å². The fourth-order valence-corrected chi connectivity index (χ4v) is 4.52. The minimum Gasteiger partial charge on any atom is -0.483 e. The molecule has 1 heterocycles. The smallest absolute Gasteiger partial charge is 0.416 e. The standard InChI is InChI=1S/C28H26F5NO3/c1-18(34-13-11-27(36,12-14-34)21-7-9-22(10-8-21)28(31,32)33)25(35)20-15-23(29)26(24(30)16-20)37-17-19-5-3-2-4-6-19/h2-10,15-16,18,36H,11-14,17H2,1H3. The second-order valence-corrected chi connectivity index (χ2v) is 9.23. The molecule has 196 valence electrons. The number of rotatable bonds is 7. The number of hydrogen-bond acceptors (Lipinski definition) is 4. The lowest BCUT2D eigenvalue weighted by atomic mass is 9.83. The number of ketones is 1. The lowest BCUT2D eigenvalue weighted by Gasteiger charge is -2.40. The number of benzene rings is 3. The Hall–Kier alpha value is -3.30. The van der Waals surface area contributed by atoms with Crippen molar-refractivity contribution in [3.63, 3.8) is 0 Å². The van der Waals surface area contributed by atoms with Crippen molar-refractivity contribution in [3.05, 3.63) is 101 Å². The van der Waals surface area contributed by atoms with Crippen molar-refractivity contribution in [2.45, 2.75) is 44.2 Å². The maximum Gasteiger partial charge on any atom is 0.416 e. The van der Waals surface area contributed by atoms with Crippen molar-refractivity contribution < 1.29 is 36.6 Å². The quantitative estimate of drug-likeness (QED) is 0.302.